The van der Waals surface area contributed by atoms with Crippen LogP contribution in [0.4, 0.5) is 0 Å². The van der Waals surface area contributed by atoms with Gasteiger partial charge in [-0.05, 0) is 32.0 Å². The van der Waals surface area contributed by atoms with Crippen molar-refractivity contribution in [2.45, 2.75) is 26.3 Å². The van der Waals surface area contributed by atoms with Gasteiger partial charge in [-0.2, -0.15) is 5.10 Å². The number of hydrogen-bond acceptors (Lipinski definition) is 4. The molecule has 0 fully saturated rings. The molecule has 0 aliphatic carbocycles. The van der Waals surface area contributed by atoms with E-state index in [1.165, 1.54) is 7.11 Å². The molecule has 0 bridgehead atoms. The lowest BCUT2D eigenvalue weighted by molar-refractivity contribution is -0.144. The molecular formula is C16H17BrN2O3. The van der Waals surface area contributed by atoms with E-state index >= 15 is 0 Å². The number of hydrogen-bond donors (Lipinski definition) is 0. The van der Waals surface area contributed by atoms with Crippen LogP contribution in [0.2, 0.25) is 0 Å². The highest BCUT2D eigenvalue weighted by molar-refractivity contribution is 9.10. The summed E-state index contributed by atoms with van der Waals surface area (Å²) in [6.45, 7) is 3.69. The SMILES string of the molecule is COC(=O)[C@@H](CC(=O)c1ccc(Br)cc1)n1nc(C)cc1C. The smallest absolute Gasteiger partial charge is 0.331 e. The van der Waals surface area contributed by atoms with Crippen LogP contribution in [0.1, 0.15) is 34.2 Å². The Hall–Kier alpha value is -1.95. The first-order valence-corrected chi connectivity index (χ1v) is 7.61. The number of carbonyl (C=O) groups is 2. The summed E-state index contributed by atoms with van der Waals surface area (Å²) >= 11 is 3.33. The average Bonchev–Trinajstić information content (AvgIpc) is 2.83. The van der Waals surface area contributed by atoms with E-state index in [0.717, 1.165) is 15.9 Å². The van der Waals surface area contributed by atoms with Crippen LogP contribution >= 0.6 is 15.9 Å². The summed E-state index contributed by atoms with van der Waals surface area (Å²) in [6.07, 6.45) is 0.0102. The van der Waals surface area contributed by atoms with Gasteiger partial charge in [-0.1, -0.05) is 28.1 Å². The lowest BCUT2D eigenvalue weighted by Gasteiger charge is -2.16. The number of ether oxygens (including phenoxy) is 1. The largest absolute Gasteiger partial charge is 0.467 e. The van der Waals surface area contributed by atoms with Crippen LogP contribution in [0.15, 0.2) is 34.8 Å². The van der Waals surface area contributed by atoms with Crippen molar-refractivity contribution in [3.05, 3.63) is 51.8 Å². The highest BCUT2D eigenvalue weighted by Crippen LogP contribution is 2.20. The number of rotatable bonds is 5. The fraction of sp³-hybridized carbons (Fsp3) is 0.312. The number of aryl methyl sites for hydroxylation is 2. The van der Waals surface area contributed by atoms with Crippen molar-refractivity contribution in [3.8, 4) is 0 Å². The second kappa shape index (κ2) is 6.87. The van der Waals surface area contributed by atoms with Crippen molar-refractivity contribution >= 4 is 27.7 Å². The van der Waals surface area contributed by atoms with Gasteiger partial charge >= 0.3 is 5.97 Å². The normalized spacial score (nSPS) is 12.0. The first-order valence-electron chi connectivity index (χ1n) is 6.81. The van der Waals surface area contributed by atoms with Crippen molar-refractivity contribution in [2.75, 3.05) is 7.11 Å². The zero-order valence-corrected chi connectivity index (χ0v) is 14.3. The molecule has 0 aliphatic heterocycles. The molecule has 2 aromatic rings. The highest BCUT2D eigenvalue weighted by Gasteiger charge is 2.27. The summed E-state index contributed by atoms with van der Waals surface area (Å²) in [6, 6.07) is 8.15. The van der Waals surface area contributed by atoms with E-state index in [1.54, 1.807) is 28.9 Å². The topological polar surface area (TPSA) is 61.2 Å². The van der Waals surface area contributed by atoms with Gasteiger partial charge in [0.25, 0.3) is 0 Å². The third-order valence-electron chi connectivity index (χ3n) is 3.36. The molecule has 0 saturated carbocycles. The quantitative estimate of drug-likeness (QED) is 0.603. The van der Waals surface area contributed by atoms with Gasteiger partial charge in [-0.15, -0.1) is 0 Å². The Labute approximate surface area is 137 Å². The number of halogens is 1. The summed E-state index contributed by atoms with van der Waals surface area (Å²) in [5.74, 6) is -0.605. The number of esters is 1. The zero-order valence-electron chi connectivity index (χ0n) is 12.7. The number of nitrogens with zero attached hydrogens (tertiary/aromatic N) is 2. The predicted octanol–water partition coefficient (Wildman–Crippen LogP) is 3.25. The number of carbonyl (C=O) groups excluding carboxylic acids is 2. The maximum absolute atomic E-state index is 12.4. The number of benzene rings is 1. The van der Waals surface area contributed by atoms with Crippen LogP contribution in [0, 0.1) is 13.8 Å². The van der Waals surface area contributed by atoms with E-state index in [9.17, 15) is 9.59 Å². The molecule has 0 aliphatic rings. The highest BCUT2D eigenvalue weighted by atomic mass is 79.9. The zero-order chi connectivity index (χ0) is 16.3. The minimum atomic E-state index is -0.755. The number of ketones is 1. The van der Waals surface area contributed by atoms with Crippen LogP contribution in [-0.2, 0) is 9.53 Å². The number of methoxy groups -OCH3 is 1. The van der Waals surface area contributed by atoms with Crippen molar-refractivity contribution in [2.24, 2.45) is 0 Å². The number of Topliss-reactive ketones (excluding diaryl/α,β-unsaturated/α-hetero) is 1. The first-order chi connectivity index (χ1) is 10.4. The summed E-state index contributed by atoms with van der Waals surface area (Å²) in [4.78, 5) is 24.5. The fourth-order valence-electron chi connectivity index (χ4n) is 2.30. The van der Waals surface area contributed by atoms with E-state index in [2.05, 4.69) is 21.0 Å². The maximum Gasteiger partial charge on any atom is 0.331 e. The van der Waals surface area contributed by atoms with Gasteiger partial charge in [-0.3, -0.25) is 9.48 Å². The second-order valence-corrected chi connectivity index (χ2v) is 5.96. The van der Waals surface area contributed by atoms with Crippen molar-refractivity contribution in [1.82, 2.24) is 9.78 Å². The molecule has 116 valence electrons. The molecule has 5 nitrogen and oxygen atoms in total. The van der Waals surface area contributed by atoms with Crippen LogP contribution in [0.25, 0.3) is 0 Å². The van der Waals surface area contributed by atoms with E-state index in [1.807, 2.05) is 19.9 Å². The van der Waals surface area contributed by atoms with Gasteiger partial charge in [0.15, 0.2) is 11.8 Å². The lowest BCUT2D eigenvalue weighted by atomic mass is 10.0. The third kappa shape index (κ3) is 3.62. The van der Waals surface area contributed by atoms with Crippen molar-refractivity contribution in [3.63, 3.8) is 0 Å². The van der Waals surface area contributed by atoms with Crippen LogP contribution in [0.5, 0.6) is 0 Å². The van der Waals surface area contributed by atoms with E-state index < -0.39 is 12.0 Å². The van der Waals surface area contributed by atoms with Crippen LogP contribution in [0.3, 0.4) is 0 Å². The van der Waals surface area contributed by atoms with Gasteiger partial charge < -0.3 is 4.74 Å². The summed E-state index contributed by atoms with van der Waals surface area (Å²) in [5.41, 5.74) is 2.16. The minimum absolute atomic E-state index is 0.0102. The van der Waals surface area contributed by atoms with Crippen molar-refractivity contribution in [1.29, 1.82) is 0 Å². The molecule has 6 heteroatoms. The molecule has 22 heavy (non-hydrogen) atoms. The molecule has 0 spiro atoms. The predicted molar refractivity (Wildman–Crippen MR) is 85.8 cm³/mol. The van der Waals surface area contributed by atoms with E-state index in [0.29, 0.717) is 5.56 Å². The molecule has 0 amide bonds. The summed E-state index contributed by atoms with van der Waals surface area (Å²) < 4.78 is 7.28. The Morgan fingerprint density at radius 2 is 1.91 bits per heavy atom. The number of aromatic nitrogens is 2. The molecule has 1 atom stereocenters. The Morgan fingerprint density at radius 3 is 2.41 bits per heavy atom. The molecule has 0 radical (unpaired) electrons. The second-order valence-electron chi connectivity index (χ2n) is 5.04. The Morgan fingerprint density at radius 1 is 1.27 bits per heavy atom. The van der Waals surface area contributed by atoms with Gasteiger partial charge in [-0.25, -0.2) is 4.79 Å². The Kier molecular flexibility index (Phi) is 5.13. The van der Waals surface area contributed by atoms with Gasteiger partial charge in [0.05, 0.1) is 12.8 Å². The monoisotopic (exact) mass is 364 g/mol. The van der Waals surface area contributed by atoms with Gasteiger partial charge in [0.2, 0.25) is 0 Å². The molecule has 1 aromatic carbocycles. The van der Waals surface area contributed by atoms with Gasteiger partial charge in [0.1, 0.15) is 0 Å². The van der Waals surface area contributed by atoms with Gasteiger partial charge in [0, 0.05) is 22.2 Å². The Bertz CT molecular complexity index is 692. The van der Waals surface area contributed by atoms with Crippen LogP contribution < -0.4 is 0 Å². The molecule has 1 heterocycles. The summed E-state index contributed by atoms with van der Waals surface area (Å²) in [5, 5.41) is 4.30. The average molecular weight is 365 g/mol. The molecule has 0 N–H and O–H groups in total. The van der Waals surface area contributed by atoms with E-state index in [-0.39, 0.29) is 12.2 Å². The summed E-state index contributed by atoms with van der Waals surface area (Å²) in [7, 11) is 1.31. The molecule has 0 saturated heterocycles. The lowest BCUT2D eigenvalue weighted by Crippen LogP contribution is -2.25. The minimum Gasteiger partial charge on any atom is -0.467 e. The first kappa shape index (κ1) is 16.4. The van der Waals surface area contributed by atoms with Crippen molar-refractivity contribution < 1.29 is 14.3 Å². The molecule has 1 aromatic heterocycles. The fourth-order valence-corrected chi connectivity index (χ4v) is 2.56. The Balaban J connectivity index is 2.27. The standard InChI is InChI=1S/C16H17BrN2O3/c1-10-8-11(2)19(18-10)14(16(21)22-3)9-15(20)12-4-6-13(17)7-5-12/h4-8,14H,9H2,1-3H3/t14-/m1/s1. The third-order valence-corrected chi connectivity index (χ3v) is 3.89. The van der Waals surface area contributed by atoms with Crippen LogP contribution in [-0.4, -0.2) is 28.6 Å². The maximum atomic E-state index is 12.4. The molecular weight excluding hydrogens is 348 g/mol. The van der Waals surface area contributed by atoms with E-state index in [4.69, 9.17) is 4.74 Å². The molecule has 2 rings (SSSR count). The molecule has 0 unspecified atom stereocenters.